The molecule has 0 spiro atoms. The van der Waals surface area contributed by atoms with Crippen LogP contribution in [0.5, 0.6) is 5.75 Å². The summed E-state index contributed by atoms with van der Waals surface area (Å²) in [5.74, 6) is -0.111. The number of nitriles is 1. The molecule has 0 amide bonds. The monoisotopic (exact) mass is 491 g/mol. The first kappa shape index (κ1) is 23.9. The Hall–Kier alpha value is -3.26. The van der Waals surface area contributed by atoms with E-state index in [1.807, 2.05) is 14.0 Å². The molecule has 0 bridgehead atoms. The summed E-state index contributed by atoms with van der Waals surface area (Å²) in [6, 6.07) is 8.03. The van der Waals surface area contributed by atoms with Gasteiger partial charge < -0.3 is 19.1 Å². The van der Waals surface area contributed by atoms with Gasteiger partial charge in [0.1, 0.15) is 27.7 Å². The van der Waals surface area contributed by atoms with Crippen molar-refractivity contribution in [1.82, 2.24) is 9.55 Å². The Kier molecular flexibility index (Phi) is 6.20. The molecular formula is C23H24F3N5O2S. The summed E-state index contributed by atoms with van der Waals surface area (Å²) >= 11 is 1.43. The van der Waals surface area contributed by atoms with Crippen molar-refractivity contribution in [2.45, 2.75) is 32.7 Å². The third kappa shape index (κ3) is 4.42. The van der Waals surface area contributed by atoms with Gasteiger partial charge in [0.15, 0.2) is 0 Å². The predicted octanol–water partition coefficient (Wildman–Crippen LogP) is 4.42. The normalized spacial score (nSPS) is 18.7. The van der Waals surface area contributed by atoms with Crippen molar-refractivity contribution in [1.29, 1.82) is 5.26 Å². The maximum absolute atomic E-state index is 12.8. The van der Waals surface area contributed by atoms with Gasteiger partial charge in [-0.05, 0) is 43.5 Å². The number of aryl methyl sites for hydroxylation is 2. The van der Waals surface area contributed by atoms with E-state index in [2.05, 4.69) is 32.5 Å². The number of hydrogen-bond donors (Lipinski definition) is 0. The van der Waals surface area contributed by atoms with Gasteiger partial charge in [0.25, 0.3) is 5.56 Å². The molecule has 4 rings (SSSR count). The Morgan fingerprint density at radius 2 is 1.97 bits per heavy atom. The smallest absolute Gasteiger partial charge is 0.406 e. The van der Waals surface area contributed by atoms with Crippen LogP contribution in [-0.2, 0) is 7.05 Å². The molecule has 1 aromatic carbocycles. The van der Waals surface area contributed by atoms with E-state index in [4.69, 9.17) is 0 Å². The van der Waals surface area contributed by atoms with Crippen molar-refractivity contribution in [3.63, 3.8) is 0 Å². The maximum atomic E-state index is 12.8. The van der Waals surface area contributed by atoms with E-state index in [0.29, 0.717) is 24.3 Å². The summed E-state index contributed by atoms with van der Waals surface area (Å²) in [5, 5.41) is 10.6. The predicted molar refractivity (Wildman–Crippen MR) is 126 cm³/mol. The molecule has 3 heterocycles. The third-order valence-corrected chi connectivity index (χ3v) is 7.31. The van der Waals surface area contributed by atoms with Gasteiger partial charge in [-0.3, -0.25) is 4.79 Å². The van der Waals surface area contributed by atoms with Gasteiger partial charge in [-0.15, -0.1) is 24.5 Å². The number of rotatable bonds is 4. The van der Waals surface area contributed by atoms with Crippen LogP contribution in [0.25, 0.3) is 10.3 Å². The van der Waals surface area contributed by atoms with Crippen molar-refractivity contribution in [2.24, 2.45) is 13.0 Å². The molecule has 1 aliphatic heterocycles. The number of aromatic nitrogens is 2. The Labute approximate surface area is 198 Å². The van der Waals surface area contributed by atoms with Crippen LogP contribution in [0.15, 0.2) is 29.1 Å². The number of benzene rings is 1. The number of anilines is 2. The second kappa shape index (κ2) is 8.83. The lowest BCUT2D eigenvalue weighted by Crippen LogP contribution is -2.49. The first-order valence-electron chi connectivity index (χ1n) is 10.7. The molecule has 1 saturated heterocycles. The molecule has 34 heavy (non-hydrogen) atoms. The van der Waals surface area contributed by atoms with Gasteiger partial charge in [-0.2, -0.15) is 5.26 Å². The fourth-order valence-corrected chi connectivity index (χ4v) is 5.55. The number of fused-ring (bicyclic) bond motifs is 1. The zero-order valence-electron chi connectivity index (χ0n) is 19.2. The fourth-order valence-electron chi connectivity index (χ4n) is 4.67. The lowest BCUT2D eigenvalue weighted by molar-refractivity contribution is -0.274. The number of piperidine rings is 1. The number of hydrogen-bond acceptors (Lipinski definition) is 7. The van der Waals surface area contributed by atoms with Crippen LogP contribution in [0.1, 0.15) is 23.9 Å². The van der Waals surface area contributed by atoms with Crippen LogP contribution in [0, 0.1) is 24.2 Å². The molecule has 0 radical (unpaired) electrons. The number of nitrogens with zero attached hydrogens (tertiary/aromatic N) is 5. The van der Waals surface area contributed by atoms with E-state index in [0.717, 1.165) is 21.9 Å². The van der Waals surface area contributed by atoms with Gasteiger partial charge in [0.05, 0.1) is 10.7 Å². The first-order chi connectivity index (χ1) is 16.0. The molecule has 0 saturated carbocycles. The molecule has 1 aliphatic rings. The lowest BCUT2D eigenvalue weighted by atomic mass is 9.91. The maximum Gasteiger partial charge on any atom is 0.573 e. The van der Waals surface area contributed by atoms with Crippen LogP contribution in [0.4, 0.5) is 24.5 Å². The summed E-state index contributed by atoms with van der Waals surface area (Å²) < 4.78 is 42.8. The number of halogens is 3. The van der Waals surface area contributed by atoms with E-state index in [1.54, 1.807) is 19.2 Å². The molecule has 180 valence electrons. The molecule has 1 fully saturated rings. The second-order valence-corrected chi connectivity index (χ2v) is 9.70. The highest BCUT2D eigenvalue weighted by Gasteiger charge is 2.33. The second-order valence-electron chi connectivity index (χ2n) is 8.52. The Morgan fingerprint density at radius 1 is 1.29 bits per heavy atom. The van der Waals surface area contributed by atoms with Crippen molar-refractivity contribution in [2.75, 3.05) is 29.9 Å². The molecule has 2 atom stereocenters. The SMILES string of the molecule is Cc1nc2c(N3CCC(N(C)c4ccc(OC(F)(F)F)cc4)[C@H](C)C3)c(C#N)c(=O)n(C)c2s1. The van der Waals surface area contributed by atoms with Gasteiger partial charge in [0, 0.05) is 38.9 Å². The van der Waals surface area contributed by atoms with E-state index in [9.17, 15) is 23.2 Å². The molecule has 11 heteroatoms. The van der Waals surface area contributed by atoms with Gasteiger partial charge in [-0.25, -0.2) is 4.98 Å². The molecule has 1 unspecified atom stereocenters. The third-order valence-electron chi connectivity index (χ3n) is 6.26. The Morgan fingerprint density at radius 3 is 2.56 bits per heavy atom. The molecule has 3 aromatic rings. The molecular weight excluding hydrogens is 467 g/mol. The number of alkyl halides is 3. The highest BCUT2D eigenvalue weighted by atomic mass is 32.1. The molecule has 7 nitrogen and oxygen atoms in total. The highest BCUT2D eigenvalue weighted by molar-refractivity contribution is 7.18. The van der Waals surface area contributed by atoms with Gasteiger partial charge >= 0.3 is 6.36 Å². The van der Waals surface area contributed by atoms with E-state index in [1.165, 1.54) is 28.0 Å². The van der Waals surface area contributed by atoms with E-state index < -0.39 is 6.36 Å². The largest absolute Gasteiger partial charge is 0.573 e. The summed E-state index contributed by atoms with van der Waals surface area (Å²) in [7, 11) is 3.57. The zero-order valence-corrected chi connectivity index (χ0v) is 20.0. The zero-order chi connectivity index (χ0) is 24.8. The standard InChI is InChI=1S/C23H24F3N5O2S/c1-13-12-31(20-17(11-27)21(32)30(4)22-19(20)28-14(2)34-22)10-9-18(13)29(3)15-5-7-16(8-6-15)33-23(24,25)26/h5-8,13,18H,9-10,12H2,1-4H3/t13-,18?/m1/s1. The summed E-state index contributed by atoms with van der Waals surface area (Å²) in [4.78, 5) is 22.3. The lowest BCUT2D eigenvalue weighted by Gasteiger charge is -2.43. The van der Waals surface area contributed by atoms with Crippen LogP contribution in [-0.4, -0.2) is 42.1 Å². The topological polar surface area (TPSA) is 74.4 Å². The van der Waals surface area contributed by atoms with E-state index >= 15 is 0 Å². The minimum absolute atomic E-state index is 0.0968. The summed E-state index contributed by atoms with van der Waals surface area (Å²) in [5.41, 5.74) is 1.80. The quantitative estimate of drug-likeness (QED) is 0.538. The average Bonchev–Trinajstić information content (AvgIpc) is 3.16. The van der Waals surface area contributed by atoms with Gasteiger partial charge in [0.2, 0.25) is 0 Å². The Balaban J connectivity index is 1.58. The van der Waals surface area contributed by atoms with Crippen LogP contribution >= 0.6 is 11.3 Å². The van der Waals surface area contributed by atoms with Crippen LogP contribution in [0.3, 0.4) is 0 Å². The van der Waals surface area contributed by atoms with Crippen LogP contribution in [0.2, 0.25) is 0 Å². The van der Waals surface area contributed by atoms with Crippen molar-refractivity contribution < 1.29 is 17.9 Å². The highest BCUT2D eigenvalue weighted by Crippen LogP contribution is 2.35. The van der Waals surface area contributed by atoms with Crippen LogP contribution < -0.4 is 20.1 Å². The number of ether oxygens (including phenoxy) is 1. The summed E-state index contributed by atoms with van der Waals surface area (Å²) in [6.07, 6.45) is -3.99. The van der Waals surface area contributed by atoms with Crippen molar-refractivity contribution >= 4 is 33.1 Å². The molecule has 0 N–H and O–H groups in total. The van der Waals surface area contributed by atoms with Crippen molar-refractivity contribution in [3.8, 4) is 11.8 Å². The minimum atomic E-state index is -4.73. The molecule has 2 aromatic heterocycles. The number of pyridine rings is 1. The Bertz CT molecular complexity index is 1310. The average molecular weight is 492 g/mol. The van der Waals surface area contributed by atoms with Gasteiger partial charge in [-0.1, -0.05) is 6.92 Å². The first-order valence-corrected chi connectivity index (χ1v) is 11.6. The minimum Gasteiger partial charge on any atom is -0.406 e. The van der Waals surface area contributed by atoms with E-state index in [-0.39, 0.29) is 28.8 Å². The molecule has 0 aliphatic carbocycles. The summed E-state index contributed by atoms with van der Waals surface area (Å²) in [6.45, 7) is 5.19. The fraction of sp³-hybridized carbons (Fsp3) is 0.435. The van der Waals surface area contributed by atoms with Crippen molar-refractivity contribution in [3.05, 3.63) is 45.2 Å². The number of thiazole rings is 1.